The maximum absolute atomic E-state index is 15.9. The quantitative estimate of drug-likeness (QED) is 0.0722. The van der Waals surface area contributed by atoms with Crippen LogP contribution in [0.2, 0.25) is 5.02 Å². The van der Waals surface area contributed by atoms with Gasteiger partial charge in [0, 0.05) is 52.3 Å². The van der Waals surface area contributed by atoms with Gasteiger partial charge >= 0.3 is 5.69 Å². The summed E-state index contributed by atoms with van der Waals surface area (Å²) in [7, 11) is 0. The second-order valence-electron chi connectivity index (χ2n) is 12.9. The van der Waals surface area contributed by atoms with Gasteiger partial charge in [-0.15, -0.1) is 11.8 Å². The molecule has 3 atom stereocenters. The number of hydrogen-bond donors (Lipinski definition) is 4. The molecule has 0 radical (unpaired) electrons. The average molecular weight is 682 g/mol. The van der Waals surface area contributed by atoms with Gasteiger partial charge < -0.3 is 21.8 Å². The first kappa shape index (κ1) is 33.6. The average Bonchev–Trinajstić information content (AvgIpc) is 3.81. The normalized spacial score (nSPS) is 19.4. The molecule has 2 aromatic heterocycles. The number of rotatable bonds is 12. The number of amidine groups is 1. The summed E-state index contributed by atoms with van der Waals surface area (Å²) in [6.45, 7) is 2.40. The molecule has 47 heavy (non-hydrogen) atoms. The lowest BCUT2D eigenvalue weighted by Crippen LogP contribution is -2.38. The highest BCUT2D eigenvalue weighted by Crippen LogP contribution is 2.37. The number of aromatic nitrogens is 3. The number of piperidine rings is 1. The van der Waals surface area contributed by atoms with E-state index in [4.69, 9.17) is 23.1 Å². The van der Waals surface area contributed by atoms with Crippen LogP contribution in [0.1, 0.15) is 75.5 Å². The van der Waals surface area contributed by atoms with Crippen molar-refractivity contribution in [3.05, 3.63) is 74.8 Å². The molecular formula is C35H42ClF2N7OS. The number of nitrogens with zero attached hydrogens (tertiary/aromatic N) is 3. The first-order valence-electron chi connectivity index (χ1n) is 16.4. The zero-order valence-corrected chi connectivity index (χ0v) is 28.4. The van der Waals surface area contributed by atoms with Crippen LogP contribution in [-0.2, 0) is 6.42 Å². The van der Waals surface area contributed by atoms with Crippen molar-refractivity contribution in [2.45, 2.75) is 87.7 Å². The van der Waals surface area contributed by atoms with Crippen molar-refractivity contribution >= 4 is 40.2 Å². The van der Waals surface area contributed by atoms with Crippen LogP contribution in [0.15, 0.2) is 51.2 Å². The molecule has 0 spiro atoms. The van der Waals surface area contributed by atoms with Crippen molar-refractivity contribution < 1.29 is 8.78 Å². The van der Waals surface area contributed by atoms with E-state index >= 15 is 8.78 Å². The lowest BCUT2D eigenvalue weighted by Gasteiger charge is -2.32. The first-order valence-corrected chi connectivity index (χ1v) is 18.0. The molecule has 8 nitrogen and oxygen atoms in total. The second-order valence-corrected chi connectivity index (χ2v) is 14.2. The van der Waals surface area contributed by atoms with Gasteiger partial charge in [0.05, 0.1) is 22.2 Å². The molecule has 2 fully saturated rings. The van der Waals surface area contributed by atoms with Gasteiger partial charge in [0.15, 0.2) is 5.82 Å². The number of aryl methyl sites for hydroxylation is 1. The number of nitrogens with two attached hydrogens (primary N) is 2. The molecule has 1 unspecified atom stereocenters. The Labute approximate surface area is 282 Å². The Morgan fingerprint density at radius 1 is 1.19 bits per heavy atom. The largest absolute Gasteiger partial charge is 0.388 e. The third-order valence-corrected chi connectivity index (χ3v) is 10.4. The fourth-order valence-corrected chi connectivity index (χ4v) is 7.65. The summed E-state index contributed by atoms with van der Waals surface area (Å²) in [5, 5.41) is 4.23. The van der Waals surface area contributed by atoms with E-state index in [-0.39, 0.29) is 29.0 Å². The number of thioether (sulfide) groups is 1. The summed E-state index contributed by atoms with van der Waals surface area (Å²) in [5.74, 6) is 0.267. The Bertz CT molecular complexity index is 1850. The van der Waals surface area contributed by atoms with Crippen molar-refractivity contribution in [3.8, 4) is 16.9 Å². The second kappa shape index (κ2) is 14.5. The van der Waals surface area contributed by atoms with Crippen LogP contribution in [0, 0.1) is 17.6 Å². The maximum Gasteiger partial charge on any atom is 0.354 e. The van der Waals surface area contributed by atoms with E-state index in [0.29, 0.717) is 51.8 Å². The molecule has 2 aliphatic rings. The Morgan fingerprint density at radius 3 is 2.74 bits per heavy atom. The fraction of sp³-hybridized carbons (Fsp3) is 0.457. The molecule has 0 bridgehead atoms. The first-order chi connectivity index (χ1) is 22.6. The molecular weight excluding hydrogens is 640 g/mol. The van der Waals surface area contributed by atoms with Gasteiger partial charge in [0.2, 0.25) is 0 Å². The minimum absolute atomic E-state index is 0.0354. The minimum atomic E-state index is -0.573. The van der Waals surface area contributed by atoms with Crippen LogP contribution >= 0.6 is 23.4 Å². The van der Waals surface area contributed by atoms with Gasteiger partial charge in [-0.1, -0.05) is 18.0 Å². The lowest BCUT2D eigenvalue weighted by molar-refractivity contribution is 0.306. The molecule has 1 saturated carbocycles. The summed E-state index contributed by atoms with van der Waals surface area (Å²) in [5.41, 5.74) is 14.3. The highest BCUT2D eigenvalue weighted by molar-refractivity contribution is 7.98. The van der Waals surface area contributed by atoms with E-state index in [1.54, 1.807) is 31.3 Å². The number of halogens is 3. The number of hydrogen-bond acceptors (Lipinski definition) is 6. The number of aliphatic imine (C=N–C) groups is 1. The predicted molar refractivity (Wildman–Crippen MR) is 188 cm³/mol. The highest BCUT2D eigenvalue weighted by atomic mass is 35.5. The Morgan fingerprint density at radius 2 is 2.00 bits per heavy atom. The van der Waals surface area contributed by atoms with Crippen molar-refractivity contribution in [3.63, 3.8) is 0 Å². The van der Waals surface area contributed by atoms with Crippen LogP contribution in [0.4, 0.5) is 8.78 Å². The fourth-order valence-electron chi connectivity index (χ4n) is 6.71. The third-order valence-electron chi connectivity index (χ3n) is 9.36. The van der Waals surface area contributed by atoms with Crippen molar-refractivity contribution in [2.75, 3.05) is 12.8 Å². The zero-order valence-electron chi connectivity index (χ0n) is 26.8. The summed E-state index contributed by atoms with van der Waals surface area (Å²) in [4.78, 5) is 25.6. The standard InChI is InChI=1S/C35H42ClF2N7OS/c1-19(39)41-12-11-23-6-4-8-29(42-23)32-27(37)16-24(17-31(32)47-2)45-18-22-15-30(43-34(22)44-35(45)46)25-13-20(14-26(36)33(25)38)5-3-7-28(40)21-9-10-21/h13-18,21,23,28-29,42H,3-12,40H2,1-2H3,(H2,39,41)(H,43,44,46)/t23-,28?,29-/m0/s1. The number of fused-ring (bicyclic) bond motifs is 1. The van der Waals surface area contributed by atoms with E-state index in [1.807, 2.05) is 12.3 Å². The summed E-state index contributed by atoms with van der Waals surface area (Å²) in [6.07, 6.45) is 12.1. The van der Waals surface area contributed by atoms with Crippen LogP contribution < -0.4 is 22.5 Å². The van der Waals surface area contributed by atoms with E-state index < -0.39 is 11.5 Å². The van der Waals surface area contributed by atoms with Crippen LogP contribution in [0.25, 0.3) is 28.0 Å². The maximum atomic E-state index is 15.9. The monoisotopic (exact) mass is 681 g/mol. The highest BCUT2D eigenvalue weighted by Gasteiger charge is 2.28. The molecule has 12 heteroatoms. The van der Waals surface area contributed by atoms with Gasteiger partial charge in [-0.3, -0.25) is 9.56 Å². The molecule has 1 saturated heterocycles. The van der Waals surface area contributed by atoms with E-state index in [1.165, 1.54) is 35.2 Å². The topological polar surface area (TPSA) is 127 Å². The number of H-pyrrole nitrogens is 1. The number of aromatic amines is 1. The molecule has 4 aromatic rings. The Kier molecular flexibility index (Phi) is 10.4. The molecule has 6 rings (SSSR count). The lowest BCUT2D eigenvalue weighted by atomic mass is 9.91. The van der Waals surface area contributed by atoms with Crippen LogP contribution in [-0.4, -0.2) is 45.3 Å². The molecule has 250 valence electrons. The Hall–Kier alpha value is -3.25. The zero-order chi connectivity index (χ0) is 33.2. The van der Waals surface area contributed by atoms with E-state index in [0.717, 1.165) is 55.4 Å². The molecule has 1 aliphatic heterocycles. The van der Waals surface area contributed by atoms with Gasteiger partial charge in [-0.05, 0) is 106 Å². The van der Waals surface area contributed by atoms with Gasteiger partial charge in [0.25, 0.3) is 0 Å². The molecule has 2 aromatic carbocycles. The van der Waals surface area contributed by atoms with Crippen molar-refractivity contribution in [1.29, 1.82) is 0 Å². The number of nitrogens with one attached hydrogen (secondary N) is 2. The van der Waals surface area contributed by atoms with Gasteiger partial charge in [-0.2, -0.15) is 4.98 Å². The summed E-state index contributed by atoms with van der Waals surface area (Å²) in [6, 6.07) is 8.69. The van der Waals surface area contributed by atoms with E-state index in [2.05, 4.69) is 20.3 Å². The van der Waals surface area contributed by atoms with Crippen LogP contribution in [0.5, 0.6) is 0 Å². The van der Waals surface area contributed by atoms with Gasteiger partial charge in [0.1, 0.15) is 11.5 Å². The van der Waals surface area contributed by atoms with Crippen LogP contribution in [0.3, 0.4) is 0 Å². The van der Waals surface area contributed by atoms with Gasteiger partial charge in [-0.25, -0.2) is 13.6 Å². The molecule has 6 N–H and O–H groups in total. The summed E-state index contributed by atoms with van der Waals surface area (Å²) < 4.78 is 32.6. The smallest absolute Gasteiger partial charge is 0.354 e. The third kappa shape index (κ3) is 7.74. The molecule has 3 heterocycles. The predicted octanol–water partition coefficient (Wildman–Crippen LogP) is 7.04. The Balaban J connectivity index is 1.26. The van der Waals surface area contributed by atoms with Crippen molar-refractivity contribution in [1.82, 2.24) is 19.9 Å². The summed E-state index contributed by atoms with van der Waals surface area (Å²) >= 11 is 7.76. The minimum Gasteiger partial charge on any atom is -0.388 e. The SMILES string of the molecule is CSc1cc(-n2cc3cc(-c4cc(CCCC(N)C5CC5)cc(Cl)c4F)[nH]c3nc2=O)cc(F)c1[C@@H]1CCC[C@@H](CCN=C(C)N)N1. The van der Waals surface area contributed by atoms with E-state index in [9.17, 15) is 4.79 Å². The molecule has 1 aliphatic carbocycles. The number of benzene rings is 2. The van der Waals surface area contributed by atoms with Crippen molar-refractivity contribution in [2.24, 2.45) is 22.4 Å². The molecule has 0 amide bonds.